The Morgan fingerprint density at radius 3 is 1.83 bits per heavy atom. The molecular formula is C25H33N5. The Morgan fingerprint density at radius 2 is 1.33 bits per heavy atom. The van der Waals surface area contributed by atoms with Crippen LogP contribution in [0.15, 0.2) is 66.0 Å². The Morgan fingerprint density at radius 1 is 0.833 bits per heavy atom. The quantitative estimate of drug-likeness (QED) is 0.694. The molecule has 0 spiro atoms. The van der Waals surface area contributed by atoms with Crippen molar-refractivity contribution < 1.29 is 0 Å². The fraction of sp³-hybridized carbons (Fsp3) is 0.400. The lowest BCUT2D eigenvalue weighted by Crippen LogP contribution is -2.46. The van der Waals surface area contributed by atoms with Crippen LogP contribution in [0.25, 0.3) is 0 Å². The first-order valence-corrected chi connectivity index (χ1v) is 11.0. The third-order valence-corrected chi connectivity index (χ3v) is 5.90. The number of nitrogens with zero attached hydrogens (tertiary/aromatic N) is 5. The van der Waals surface area contributed by atoms with Gasteiger partial charge in [-0.25, -0.2) is 5.01 Å². The fourth-order valence-corrected chi connectivity index (χ4v) is 4.08. The molecule has 0 N–H and O–H groups in total. The first-order valence-electron chi connectivity index (χ1n) is 11.0. The first-order chi connectivity index (χ1) is 14.5. The minimum atomic E-state index is 0.546. The molecule has 158 valence electrons. The van der Waals surface area contributed by atoms with Crippen LogP contribution in [-0.4, -0.2) is 44.1 Å². The highest BCUT2D eigenvalue weighted by molar-refractivity contribution is 5.85. The van der Waals surface area contributed by atoms with E-state index in [4.69, 9.17) is 0 Å². The number of rotatable bonds is 6. The molecule has 5 heteroatoms. The number of benzene rings is 2. The summed E-state index contributed by atoms with van der Waals surface area (Å²) in [5, 5.41) is 6.47. The molecule has 0 amide bonds. The summed E-state index contributed by atoms with van der Waals surface area (Å²) in [4.78, 5) is 7.01. The van der Waals surface area contributed by atoms with E-state index in [9.17, 15) is 0 Å². The summed E-state index contributed by atoms with van der Waals surface area (Å²) >= 11 is 0. The number of anilines is 3. The van der Waals surface area contributed by atoms with Crippen molar-refractivity contribution in [1.82, 2.24) is 5.01 Å². The molecular weight excluding hydrogens is 370 g/mol. The SMILES string of the molecule is C=C1N(CC(C)C)N=CN1c1ccc(N2CCN(c3ccc(CC)cc3)CC2)cc1. The van der Waals surface area contributed by atoms with E-state index in [-0.39, 0.29) is 0 Å². The molecule has 2 aromatic rings. The van der Waals surface area contributed by atoms with E-state index in [1.807, 2.05) is 11.3 Å². The standard InChI is InChI=1S/C25H33N5/c1-5-22-6-8-23(9-7-22)27-14-16-28(17-15-27)24-10-12-25(13-11-24)29-19-26-30(21(29)4)18-20(2)3/h6-13,19-20H,4-5,14-18H2,1-3H3. The van der Waals surface area contributed by atoms with Crippen molar-refractivity contribution in [2.24, 2.45) is 11.0 Å². The molecule has 0 radical (unpaired) electrons. The van der Waals surface area contributed by atoms with Crippen molar-refractivity contribution in [3.63, 3.8) is 0 Å². The Labute approximate surface area is 180 Å². The van der Waals surface area contributed by atoms with Gasteiger partial charge in [0, 0.05) is 49.8 Å². The summed E-state index contributed by atoms with van der Waals surface area (Å²) in [7, 11) is 0. The zero-order chi connectivity index (χ0) is 21.1. The van der Waals surface area contributed by atoms with Crippen LogP contribution < -0.4 is 14.7 Å². The number of hydrogen-bond acceptors (Lipinski definition) is 5. The predicted molar refractivity (Wildman–Crippen MR) is 128 cm³/mol. The van der Waals surface area contributed by atoms with Gasteiger partial charge < -0.3 is 9.80 Å². The van der Waals surface area contributed by atoms with Crippen LogP contribution in [0.1, 0.15) is 26.3 Å². The molecule has 30 heavy (non-hydrogen) atoms. The summed E-state index contributed by atoms with van der Waals surface area (Å²) in [5.74, 6) is 1.46. The Kier molecular flexibility index (Phi) is 5.98. The molecule has 0 aromatic heterocycles. The number of piperazine rings is 1. The van der Waals surface area contributed by atoms with Crippen LogP contribution in [0.3, 0.4) is 0 Å². The van der Waals surface area contributed by atoms with Crippen LogP contribution >= 0.6 is 0 Å². The lowest BCUT2D eigenvalue weighted by Gasteiger charge is -2.37. The maximum absolute atomic E-state index is 4.49. The van der Waals surface area contributed by atoms with Crippen molar-refractivity contribution in [3.8, 4) is 0 Å². The van der Waals surface area contributed by atoms with Crippen LogP contribution in [0.4, 0.5) is 17.1 Å². The number of hydrazone groups is 1. The molecule has 2 aliphatic rings. The van der Waals surface area contributed by atoms with Crippen LogP contribution in [0.2, 0.25) is 0 Å². The molecule has 1 fully saturated rings. The van der Waals surface area contributed by atoms with Gasteiger partial charge >= 0.3 is 0 Å². The van der Waals surface area contributed by atoms with Crippen molar-refractivity contribution in [2.45, 2.75) is 27.2 Å². The van der Waals surface area contributed by atoms with E-state index in [1.54, 1.807) is 0 Å². The van der Waals surface area contributed by atoms with Crippen LogP contribution in [-0.2, 0) is 6.42 Å². The maximum Gasteiger partial charge on any atom is 0.127 e. The van der Waals surface area contributed by atoms with Gasteiger partial charge in [-0.15, -0.1) is 0 Å². The molecule has 2 aromatic carbocycles. The Balaban J connectivity index is 1.35. The first kappa shape index (κ1) is 20.3. The van der Waals surface area contributed by atoms with Gasteiger partial charge in [-0.1, -0.05) is 39.5 Å². The van der Waals surface area contributed by atoms with Gasteiger partial charge in [-0.3, -0.25) is 4.90 Å². The molecule has 1 saturated heterocycles. The average Bonchev–Trinajstić information content (AvgIpc) is 3.13. The molecule has 0 unspecified atom stereocenters. The summed E-state index contributed by atoms with van der Waals surface area (Å²) in [6.07, 6.45) is 2.96. The molecule has 5 nitrogen and oxygen atoms in total. The van der Waals surface area contributed by atoms with Gasteiger partial charge in [-0.2, -0.15) is 5.10 Å². The summed E-state index contributed by atoms with van der Waals surface area (Å²) < 4.78 is 0. The largest absolute Gasteiger partial charge is 0.368 e. The molecule has 2 heterocycles. The molecule has 2 aliphatic heterocycles. The number of aryl methyl sites for hydroxylation is 1. The van der Waals surface area contributed by atoms with Crippen molar-refractivity contribution in [1.29, 1.82) is 0 Å². The van der Waals surface area contributed by atoms with Crippen molar-refractivity contribution >= 4 is 23.4 Å². The molecule has 4 rings (SSSR count). The summed E-state index contributed by atoms with van der Waals surface area (Å²) in [6, 6.07) is 17.8. The molecule has 0 bridgehead atoms. The molecule has 0 aliphatic carbocycles. The normalized spacial score (nSPS) is 16.9. The summed E-state index contributed by atoms with van der Waals surface area (Å²) in [5.41, 5.74) is 5.12. The van der Waals surface area contributed by atoms with E-state index < -0.39 is 0 Å². The van der Waals surface area contributed by atoms with Crippen molar-refractivity contribution in [3.05, 3.63) is 66.5 Å². The fourth-order valence-electron chi connectivity index (χ4n) is 4.08. The second kappa shape index (κ2) is 8.82. The van der Waals surface area contributed by atoms with Crippen LogP contribution in [0.5, 0.6) is 0 Å². The van der Waals surface area contributed by atoms with Crippen molar-refractivity contribution in [2.75, 3.05) is 47.4 Å². The second-order valence-electron chi connectivity index (χ2n) is 8.50. The zero-order valence-electron chi connectivity index (χ0n) is 18.5. The third kappa shape index (κ3) is 4.30. The molecule has 0 saturated carbocycles. The minimum Gasteiger partial charge on any atom is -0.368 e. The lowest BCUT2D eigenvalue weighted by atomic mass is 10.1. The number of hydrogen-bond donors (Lipinski definition) is 0. The summed E-state index contributed by atoms with van der Waals surface area (Å²) in [6.45, 7) is 15.9. The topological polar surface area (TPSA) is 25.3 Å². The lowest BCUT2D eigenvalue weighted by molar-refractivity contribution is 0.332. The van der Waals surface area contributed by atoms with Gasteiger partial charge in [0.05, 0.1) is 0 Å². The maximum atomic E-state index is 4.49. The Bertz CT molecular complexity index is 877. The van der Waals surface area contributed by atoms with Gasteiger partial charge in [0.25, 0.3) is 0 Å². The smallest absolute Gasteiger partial charge is 0.127 e. The van der Waals surface area contributed by atoms with Gasteiger partial charge in [0.15, 0.2) is 0 Å². The Hall–Kier alpha value is -2.95. The van der Waals surface area contributed by atoms with Gasteiger partial charge in [0.2, 0.25) is 0 Å². The molecule has 0 atom stereocenters. The van der Waals surface area contributed by atoms with Gasteiger partial charge in [0.1, 0.15) is 12.2 Å². The van der Waals surface area contributed by atoms with Gasteiger partial charge in [-0.05, 0) is 54.3 Å². The van der Waals surface area contributed by atoms with E-state index >= 15 is 0 Å². The highest BCUT2D eigenvalue weighted by atomic mass is 15.6. The van der Waals surface area contributed by atoms with E-state index in [0.717, 1.165) is 50.7 Å². The predicted octanol–water partition coefficient (Wildman–Crippen LogP) is 4.77. The van der Waals surface area contributed by atoms with E-state index in [2.05, 4.69) is 95.7 Å². The second-order valence-corrected chi connectivity index (χ2v) is 8.50. The minimum absolute atomic E-state index is 0.546. The van der Waals surface area contributed by atoms with Crippen LogP contribution in [0, 0.1) is 5.92 Å². The van der Waals surface area contributed by atoms with E-state index in [0.29, 0.717) is 5.92 Å². The highest BCUT2D eigenvalue weighted by Gasteiger charge is 2.22. The van der Waals surface area contributed by atoms with E-state index in [1.165, 1.54) is 16.9 Å². The average molecular weight is 404 g/mol. The highest BCUT2D eigenvalue weighted by Crippen LogP contribution is 2.28. The zero-order valence-corrected chi connectivity index (χ0v) is 18.5. The monoisotopic (exact) mass is 403 g/mol. The third-order valence-electron chi connectivity index (χ3n) is 5.90.